The largest absolute Gasteiger partial charge is 0.463 e. The second-order valence-electron chi connectivity index (χ2n) is 4.67. The third-order valence-electron chi connectivity index (χ3n) is 3.25. The molecule has 0 fully saturated rings. The summed E-state index contributed by atoms with van der Waals surface area (Å²) in [6.45, 7) is 4.62. The monoisotopic (exact) mass is 294 g/mol. The van der Waals surface area contributed by atoms with Crippen LogP contribution < -0.4 is 0 Å². The molecular weight excluding hydrogens is 276 g/mol. The van der Waals surface area contributed by atoms with Crippen molar-refractivity contribution in [2.75, 3.05) is 14.2 Å². The summed E-state index contributed by atoms with van der Waals surface area (Å²) in [6.07, 6.45) is 1.80. The Bertz CT molecular complexity index is 577. The molecule has 108 valence electrons. The molecule has 0 aliphatic heterocycles. The zero-order valence-corrected chi connectivity index (χ0v) is 12.9. The summed E-state index contributed by atoms with van der Waals surface area (Å²) in [5, 5.41) is 3.01. The van der Waals surface area contributed by atoms with Crippen LogP contribution in [0, 0.1) is 6.92 Å². The predicted octanol–water partition coefficient (Wildman–Crippen LogP) is 3.02. The predicted molar refractivity (Wildman–Crippen MR) is 76.8 cm³/mol. The molecular formula is C14H18N2O3S. The van der Waals surface area contributed by atoms with Gasteiger partial charge in [-0.3, -0.25) is 4.90 Å². The van der Waals surface area contributed by atoms with E-state index in [9.17, 15) is 4.79 Å². The highest BCUT2D eigenvalue weighted by atomic mass is 32.1. The third kappa shape index (κ3) is 3.08. The van der Waals surface area contributed by atoms with Gasteiger partial charge in [0.25, 0.3) is 0 Å². The number of hydrogen-bond acceptors (Lipinski definition) is 6. The van der Waals surface area contributed by atoms with Crippen LogP contribution in [0.5, 0.6) is 0 Å². The number of thiazole rings is 1. The number of methoxy groups -OCH3 is 1. The smallest absolute Gasteiger partial charge is 0.374 e. The Morgan fingerprint density at radius 2 is 2.35 bits per heavy atom. The van der Waals surface area contributed by atoms with Crippen LogP contribution in [-0.2, 0) is 11.3 Å². The number of carbonyl (C=O) groups excluding carboxylic acids is 1. The molecule has 1 atom stereocenters. The van der Waals surface area contributed by atoms with Crippen molar-refractivity contribution < 1.29 is 13.9 Å². The van der Waals surface area contributed by atoms with Gasteiger partial charge in [0.15, 0.2) is 0 Å². The number of ether oxygens (including phenoxy) is 1. The molecule has 2 rings (SSSR count). The summed E-state index contributed by atoms with van der Waals surface area (Å²) < 4.78 is 10.3. The maximum absolute atomic E-state index is 11.6. The molecule has 0 aromatic carbocycles. The second-order valence-corrected chi connectivity index (χ2v) is 5.65. The van der Waals surface area contributed by atoms with Crippen LogP contribution in [0.15, 0.2) is 22.1 Å². The van der Waals surface area contributed by atoms with Crippen molar-refractivity contribution in [2.45, 2.75) is 26.4 Å². The van der Waals surface area contributed by atoms with Gasteiger partial charge in [-0.1, -0.05) is 0 Å². The van der Waals surface area contributed by atoms with E-state index in [1.54, 1.807) is 17.5 Å². The number of rotatable bonds is 5. The first-order chi connectivity index (χ1) is 9.52. The first kappa shape index (κ1) is 14.7. The van der Waals surface area contributed by atoms with E-state index in [-0.39, 0.29) is 11.8 Å². The third-order valence-corrected chi connectivity index (χ3v) is 4.01. The fraction of sp³-hybridized carbons (Fsp3) is 0.429. The van der Waals surface area contributed by atoms with Gasteiger partial charge in [-0.15, -0.1) is 11.3 Å². The first-order valence-electron chi connectivity index (χ1n) is 6.30. The SMILES string of the molecule is COC(=O)c1oc(C(C)N(C)Cc2nccs2)cc1C. The van der Waals surface area contributed by atoms with E-state index in [4.69, 9.17) is 9.15 Å². The lowest BCUT2D eigenvalue weighted by atomic mass is 10.2. The number of carbonyl (C=O) groups is 1. The lowest BCUT2D eigenvalue weighted by Crippen LogP contribution is -2.21. The van der Waals surface area contributed by atoms with Gasteiger partial charge in [-0.2, -0.15) is 0 Å². The summed E-state index contributed by atoms with van der Waals surface area (Å²) in [5.41, 5.74) is 0.793. The maximum Gasteiger partial charge on any atom is 0.374 e. The molecule has 0 saturated carbocycles. The molecule has 0 radical (unpaired) electrons. The van der Waals surface area contributed by atoms with Gasteiger partial charge in [-0.25, -0.2) is 9.78 Å². The van der Waals surface area contributed by atoms with Crippen LogP contribution >= 0.6 is 11.3 Å². The molecule has 2 aromatic rings. The zero-order valence-electron chi connectivity index (χ0n) is 12.0. The molecule has 0 aliphatic carbocycles. The Morgan fingerprint density at radius 1 is 1.60 bits per heavy atom. The average molecular weight is 294 g/mol. The van der Waals surface area contributed by atoms with E-state index in [1.165, 1.54) is 7.11 Å². The molecule has 0 aliphatic rings. The molecule has 20 heavy (non-hydrogen) atoms. The first-order valence-corrected chi connectivity index (χ1v) is 7.18. The van der Waals surface area contributed by atoms with Crippen molar-refractivity contribution >= 4 is 17.3 Å². The summed E-state index contributed by atoms with van der Waals surface area (Å²) in [5.74, 6) is 0.586. The molecule has 0 bridgehead atoms. The minimum Gasteiger partial charge on any atom is -0.463 e. The molecule has 6 heteroatoms. The Hall–Kier alpha value is -1.66. The lowest BCUT2D eigenvalue weighted by molar-refractivity contribution is 0.0558. The average Bonchev–Trinajstić information content (AvgIpc) is 3.06. The highest BCUT2D eigenvalue weighted by Crippen LogP contribution is 2.26. The summed E-state index contributed by atoms with van der Waals surface area (Å²) in [7, 11) is 3.35. The van der Waals surface area contributed by atoms with Crippen molar-refractivity contribution in [3.63, 3.8) is 0 Å². The highest BCUT2D eigenvalue weighted by molar-refractivity contribution is 7.09. The van der Waals surface area contributed by atoms with E-state index in [2.05, 4.69) is 9.88 Å². The van der Waals surface area contributed by atoms with Gasteiger partial charge in [0.2, 0.25) is 5.76 Å². The lowest BCUT2D eigenvalue weighted by Gasteiger charge is -2.21. The second kappa shape index (κ2) is 6.19. The van der Waals surface area contributed by atoms with Gasteiger partial charge in [0.05, 0.1) is 19.7 Å². The minimum atomic E-state index is -0.441. The number of aryl methyl sites for hydroxylation is 1. The van der Waals surface area contributed by atoms with Gasteiger partial charge < -0.3 is 9.15 Å². The molecule has 0 N–H and O–H groups in total. The van der Waals surface area contributed by atoms with Crippen molar-refractivity contribution in [2.24, 2.45) is 0 Å². The van der Waals surface area contributed by atoms with E-state index in [0.717, 1.165) is 22.9 Å². The van der Waals surface area contributed by atoms with Gasteiger partial charge >= 0.3 is 5.97 Å². The van der Waals surface area contributed by atoms with Gasteiger partial charge in [0.1, 0.15) is 10.8 Å². The number of aromatic nitrogens is 1. The van der Waals surface area contributed by atoms with E-state index >= 15 is 0 Å². The molecule has 5 nitrogen and oxygen atoms in total. The summed E-state index contributed by atoms with van der Waals surface area (Å²) in [6, 6.07) is 1.94. The van der Waals surface area contributed by atoms with Crippen molar-refractivity contribution in [3.05, 3.63) is 39.7 Å². The Morgan fingerprint density at radius 3 is 2.95 bits per heavy atom. The van der Waals surface area contributed by atoms with Crippen LogP contribution in [0.4, 0.5) is 0 Å². The maximum atomic E-state index is 11.6. The number of nitrogens with zero attached hydrogens (tertiary/aromatic N) is 2. The van der Waals surface area contributed by atoms with Crippen LogP contribution in [0.1, 0.15) is 39.9 Å². The summed E-state index contributed by atoms with van der Waals surface area (Å²) in [4.78, 5) is 18.0. The molecule has 0 amide bonds. The topological polar surface area (TPSA) is 55.6 Å². The van der Waals surface area contributed by atoms with Gasteiger partial charge in [0, 0.05) is 17.1 Å². The molecule has 0 saturated heterocycles. The Labute approximate surface area is 122 Å². The van der Waals surface area contributed by atoms with Crippen LogP contribution in [0.3, 0.4) is 0 Å². The van der Waals surface area contributed by atoms with Crippen LogP contribution in [-0.4, -0.2) is 30.0 Å². The molecule has 0 spiro atoms. The molecule has 1 unspecified atom stereocenters. The van der Waals surface area contributed by atoms with Gasteiger partial charge in [-0.05, 0) is 27.0 Å². The quantitative estimate of drug-likeness (QED) is 0.793. The summed E-state index contributed by atoms with van der Waals surface area (Å²) >= 11 is 1.62. The fourth-order valence-electron chi connectivity index (χ4n) is 1.91. The Balaban J connectivity index is 2.12. The Kier molecular flexibility index (Phi) is 4.57. The van der Waals surface area contributed by atoms with Crippen LogP contribution in [0.2, 0.25) is 0 Å². The van der Waals surface area contributed by atoms with E-state index in [0.29, 0.717) is 0 Å². The van der Waals surface area contributed by atoms with Crippen LogP contribution in [0.25, 0.3) is 0 Å². The van der Waals surface area contributed by atoms with Crippen molar-refractivity contribution in [1.29, 1.82) is 0 Å². The minimum absolute atomic E-state index is 0.0519. The number of esters is 1. The number of hydrogen-bond donors (Lipinski definition) is 0. The highest BCUT2D eigenvalue weighted by Gasteiger charge is 2.21. The number of furan rings is 1. The zero-order chi connectivity index (χ0) is 14.7. The molecule has 2 heterocycles. The normalized spacial score (nSPS) is 12.7. The fourth-order valence-corrected chi connectivity index (χ4v) is 2.59. The van der Waals surface area contributed by atoms with E-state index < -0.39 is 5.97 Å². The van der Waals surface area contributed by atoms with Crippen molar-refractivity contribution in [3.8, 4) is 0 Å². The van der Waals surface area contributed by atoms with E-state index in [1.807, 2.05) is 32.3 Å². The molecule has 2 aromatic heterocycles. The standard InChI is InChI=1S/C14H18N2O3S/c1-9-7-11(19-13(9)14(17)18-4)10(2)16(3)8-12-15-5-6-20-12/h5-7,10H,8H2,1-4H3. The van der Waals surface area contributed by atoms with Crippen molar-refractivity contribution in [1.82, 2.24) is 9.88 Å².